The molecule has 1 aliphatic rings. The van der Waals surface area contributed by atoms with Gasteiger partial charge in [0.2, 0.25) is 11.8 Å². The van der Waals surface area contributed by atoms with E-state index in [4.69, 9.17) is 4.74 Å². The van der Waals surface area contributed by atoms with Crippen LogP contribution < -0.4 is 15.0 Å². The zero-order valence-corrected chi connectivity index (χ0v) is 16.4. The van der Waals surface area contributed by atoms with Crippen LogP contribution in [0.4, 0.5) is 5.69 Å². The summed E-state index contributed by atoms with van der Waals surface area (Å²) in [5.41, 5.74) is 1.51. The number of nitrogens with one attached hydrogen (secondary N) is 1. The van der Waals surface area contributed by atoms with Crippen LogP contribution in [-0.2, 0) is 26.0 Å². The molecule has 0 spiro atoms. The summed E-state index contributed by atoms with van der Waals surface area (Å²) >= 11 is 0. The van der Waals surface area contributed by atoms with E-state index in [1.54, 1.807) is 17.0 Å². The Morgan fingerprint density at radius 2 is 1.79 bits per heavy atom. The van der Waals surface area contributed by atoms with Gasteiger partial charge in [-0.05, 0) is 29.8 Å². The van der Waals surface area contributed by atoms with Crippen LogP contribution in [0.15, 0.2) is 53.4 Å². The Bertz CT molecular complexity index is 970. The van der Waals surface area contributed by atoms with E-state index in [-0.39, 0.29) is 36.1 Å². The van der Waals surface area contributed by atoms with E-state index in [1.807, 2.05) is 24.3 Å². The number of hydrogen-bond acceptors (Lipinski definition) is 5. The molecule has 0 unspecified atom stereocenters. The van der Waals surface area contributed by atoms with E-state index >= 15 is 0 Å². The fourth-order valence-electron chi connectivity index (χ4n) is 2.93. The zero-order valence-electron chi connectivity index (χ0n) is 15.6. The number of rotatable bonds is 6. The molecular formula is C20H22N2O5S. The van der Waals surface area contributed by atoms with Gasteiger partial charge in [0.05, 0.1) is 17.1 Å². The lowest BCUT2D eigenvalue weighted by Crippen LogP contribution is -2.38. The second-order valence-electron chi connectivity index (χ2n) is 6.55. The number of hydrogen-bond donors (Lipinski definition) is 1. The summed E-state index contributed by atoms with van der Waals surface area (Å²) in [7, 11) is -3.24. The first-order chi connectivity index (χ1) is 13.3. The van der Waals surface area contributed by atoms with Crippen molar-refractivity contribution in [1.29, 1.82) is 0 Å². The molecule has 2 amide bonds. The first-order valence-electron chi connectivity index (χ1n) is 8.92. The fourth-order valence-corrected chi connectivity index (χ4v) is 3.56. The normalized spacial score (nSPS) is 13.4. The van der Waals surface area contributed by atoms with Gasteiger partial charge >= 0.3 is 0 Å². The quantitative estimate of drug-likeness (QED) is 0.797. The number of benzene rings is 2. The van der Waals surface area contributed by atoms with Crippen molar-refractivity contribution in [1.82, 2.24) is 5.32 Å². The lowest BCUT2D eigenvalue weighted by Gasteiger charge is -2.29. The predicted octanol–water partition coefficient (Wildman–Crippen LogP) is 1.91. The predicted molar refractivity (Wildman–Crippen MR) is 105 cm³/mol. The van der Waals surface area contributed by atoms with Crippen LogP contribution in [0.3, 0.4) is 0 Å². The van der Waals surface area contributed by atoms with Crippen LogP contribution in [0.25, 0.3) is 0 Å². The number of sulfone groups is 1. The molecule has 3 rings (SSSR count). The molecule has 148 valence electrons. The minimum atomic E-state index is -3.24. The van der Waals surface area contributed by atoms with Crippen LogP contribution in [0.5, 0.6) is 5.75 Å². The van der Waals surface area contributed by atoms with Crippen molar-refractivity contribution >= 4 is 27.3 Å². The summed E-state index contributed by atoms with van der Waals surface area (Å²) in [6.07, 6.45) is 1.33. The molecule has 0 radical (unpaired) electrons. The number of fused-ring (bicyclic) bond motifs is 1. The maximum absolute atomic E-state index is 12.5. The van der Waals surface area contributed by atoms with Gasteiger partial charge < -0.3 is 15.0 Å². The number of carbonyl (C=O) groups excluding carboxylic acids is 2. The monoisotopic (exact) mass is 402 g/mol. The van der Waals surface area contributed by atoms with Crippen LogP contribution >= 0.6 is 0 Å². The van der Waals surface area contributed by atoms with Crippen molar-refractivity contribution in [3.05, 3.63) is 54.1 Å². The number of para-hydroxylation sites is 2. The van der Waals surface area contributed by atoms with Crippen LogP contribution in [0.1, 0.15) is 18.4 Å². The van der Waals surface area contributed by atoms with Crippen molar-refractivity contribution in [2.75, 3.05) is 24.3 Å². The molecule has 28 heavy (non-hydrogen) atoms. The third-order valence-electron chi connectivity index (χ3n) is 4.44. The molecule has 0 saturated heterocycles. The van der Waals surface area contributed by atoms with Gasteiger partial charge in [0, 0.05) is 25.6 Å². The van der Waals surface area contributed by atoms with Gasteiger partial charge in [0.15, 0.2) is 9.84 Å². The average Bonchev–Trinajstić information content (AvgIpc) is 2.69. The topological polar surface area (TPSA) is 92.8 Å². The van der Waals surface area contributed by atoms with Gasteiger partial charge in [-0.15, -0.1) is 0 Å². The number of carbonyl (C=O) groups is 2. The first kappa shape index (κ1) is 19.9. The summed E-state index contributed by atoms with van der Waals surface area (Å²) < 4.78 is 28.4. The third kappa shape index (κ3) is 4.89. The van der Waals surface area contributed by atoms with E-state index in [0.29, 0.717) is 18.9 Å². The molecule has 2 aromatic rings. The van der Waals surface area contributed by atoms with E-state index < -0.39 is 9.84 Å². The second-order valence-corrected chi connectivity index (χ2v) is 8.57. The first-order valence-corrected chi connectivity index (χ1v) is 10.8. The average molecular weight is 402 g/mol. The third-order valence-corrected chi connectivity index (χ3v) is 5.57. The Morgan fingerprint density at radius 3 is 2.50 bits per heavy atom. The van der Waals surface area contributed by atoms with Crippen molar-refractivity contribution in [2.45, 2.75) is 24.3 Å². The molecule has 7 nitrogen and oxygen atoms in total. The number of anilines is 1. The summed E-state index contributed by atoms with van der Waals surface area (Å²) in [6, 6.07) is 13.7. The summed E-state index contributed by atoms with van der Waals surface area (Å²) in [6.45, 7) is 1.17. The number of ether oxygens (including phenoxy) is 1. The highest BCUT2D eigenvalue weighted by atomic mass is 32.2. The van der Waals surface area contributed by atoms with Crippen LogP contribution in [0.2, 0.25) is 0 Å². The highest BCUT2D eigenvalue weighted by Gasteiger charge is 2.23. The number of amides is 2. The van der Waals surface area contributed by atoms with Gasteiger partial charge in [-0.1, -0.05) is 24.3 Å². The van der Waals surface area contributed by atoms with Gasteiger partial charge in [-0.3, -0.25) is 9.59 Å². The Labute approximate surface area is 164 Å². The molecule has 0 aliphatic carbocycles. The molecule has 0 atom stereocenters. The maximum Gasteiger partial charge on any atom is 0.227 e. The molecular weight excluding hydrogens is 380 g/mol. The lowest BCUT2D eigenvalue weighted by molar-refractivity contribution is -0.125. The minimum Gasteiger partial charge on any atom is -0.490 e. The second kappa shape index (κ2) is 8.43. The molecule has 1 heterocycles. The molecule has 1 N–H and O–H groups in total. The van der Waals surface area contributed by atoms with Gasteiger partial charge in [0.1, 0.15) is 12.4 Å². The Balaban J connectivity index is 1.49. The minimum absolute atomic E-state index is 0.0831. The van der Waals surface area contributed by atoms with Gasteiger partial charge in [0.25, 0.3) is 0 Å². The van der Waals surface area contributed by atoms with Crippen LogP contribution in [-0.4, -0.2) is 39.6 Å². The Kier molecular flexibility index (Phi) is 5.99. The lowest BCUT2D eigenvalue weighted by atomic mass is 10.2. The Morgan fingerprint density at radius 1 is 1.07 bits per heavy atom. The summed E-state index contributed by atoms with van der Waals surface area (Å²) in [5, 5.41) is 2.75. The van der Waals surface area contributed by atoms with E-state index in [0.717, 1.165) is 17.5 Å². The van der Waals surface area contributed by atoms with E-state index in [9.17, 15) is 18.0 Å². The molecule has 0 saturated carbocycles. The molecule has 0 bridgehead atoms. The van der Waals surface area contributed by atoms with Crippen molar-refractivity contribution in [2.24, 2.45) is 0 Å². The van der Waals surface area contributed by atoms with Crippen molar-refractivity contribution < 1.29 is 22.7 Å². The fraction of sp³-hybridized carbons (Fsp3) is 0.300. The summed E-state index contributed by atoms with van der Waals surface area (Å²) in [5.74, 6) is 0.314. The maximum atomic E-state index is 12.5. The highest BCUT2D eigenvalue weighted by Crippen LogP contribution is 2.31. The highest BCUT2D eigenvalue weighted by molar-refractivity contribution is 7.90. The molecule has 2 aromatic carbocycles. The molecule has 1 aliphatic heterocycles. The van der Waals surface area contributed by atoms with Gasteiger partial charge in [-0.25, -0.2) is 8.42 Å². The zero-order chi connectivity index (χ0) is 20.1. The van der Waals surface area contributed by atoms with Crippen molar-refractivity contribution in [3.63, 3.8) is 0 Å². The Hall–Kier alpha value is -2.87. The smallest absolute Gasteiger partial charge is 0.227 e. The largest absolute Gasteiger partial charge is 0.490 e. The summed E-state index contributed by atoms with van der Waals surface area (Å²) in [4.78, 5) is 26.5. The van der Waals surface area contributed by atoms with E-state index in [1.165, 1.54) is 12.1 Å². The SMILES string of the molecule is CS(=O)(=O)c1ccc(CNC(=O)CCC(=O)N2CCOc3ccccc32)cc1. The van der Waals surface area contributed by atoms with Gasteiger partial charge in [-0.2, -0.15) is 0 Å². The molecule has 0 fully saturated rings. The number of nitrogens with zero attached hydrogens (tertiary/aromatic N) is 1. The molecule has 8 heteroatoms. The van der Waals surface area contributed by atoms with Crippen molar-refractivity contribution in [3.8, 4) is 5.75 Å². The van der Waals surface area contributed by atoms with E-state index in [2.05, 4.69) is 5.32 Å². The molecule has 0 aromatic heterocycles. The standard InChI is InChI=1S/C20H22N2O5S/c1-28(25,26)16-8-6-15(7-9-16)14-21-19(23)10-11-20(24)22-12-13-27-18-5-3-2-4-17(18)22/h2-9H,10-14H2,1H3,(H,21,23). The van der Waals surface area contributed by atoms with Crippen LogP contribution in [0, 0.1) is 0 Å².